The molecule has 1 saturated heterocycles. The monoisotopic (exact) mass is 269 g/mol. The third-order valence-electron chi connectivity index (χ3n) is 3.02. The molecule has 0 saturated carbocycles. The lowest BCUT2D eigenvalue weighted by Crippen LogP contribution is -2.53. The first-order valence-corrected chi connectivity index (χ1v) is 7.30. The van der Waals surface area contributed by atoms with E-state index in [2.05, 4.69) is 28.4 Å². The van der Waals surface area contributed by atoms with Gasteiger partial charge < -0.3 is 10.1 Å². The maximum atomic E-state index is 5.93. The number of benzene rings is 1. The fraction of sp³-hybridized carbons (Fsp3) is 0.455. The summed E-state index contributed by atoms with van der Waals surface area (Å²) in [6, 6.07) is 8.33. The smallest absolute Gasteiger partial charge is 0.207 e. The first-order chi connectivity index (χ1) is 8.34. The van der Waals surface area contributed by atoms with Crippen molar-refractivity contribution in [2.45, 2.75) is 9.22 Å². The van der Waals surface area contributed by atoms with Crippen molar-refractivity contribution in [3.05, 3.63) is 24.3 Å². The number of hydrogen-bond acceptors (Lipinski definition) is 6. The van der Waals surface area contributed by atoms with E-state index in [0.29, 0.717) is 0 Å². The number of morpholine rings is 1. The average molecular weight is 269 g/mol. The highest BCUT2D eigenvalue weighted by Gasteiger charge is 2.43. The second-order valence-corrected chi connectivity index (χ2v) is 6.34. The van der Waals surface area contributed by atoms with Crippen LogP contribution in [0.1, 0.15) is 0 Å². The Bertz CT molecular complexity index is 384. The molecule has 0 amide bonds. The van der Waals surface area contributed by atoms with Crippen molar-refractivity contribution in [3.63, 3.8) is 0 Å². The van der Waals surface area contributed by atoms with Gasteiger partial charge in [0.05, 0.1) is 18.9 Å². The predicted octanol–water partition coefficient (Wildman–Crippen LogP) is 1.75. The van der Waals surface area contributed by atoms with Gasteiger partial charge in [-0.05, 0) is 24.1 Å². The van der Waals surface area contributed by atoms with E-state index in [1.807, 2.05) is 6.07 Å². The number of anilines is 1. The van der Waals surface area contributed by atoms with Crippen molar-refractivity contribution in [2.24, 2.45) is 5.14 Å². The minimum Gasteiger partial charge on any atom is -0.379 e. The lowest BCUT2D eigenvalue weighted by molar-refractivity contribution is 0.0313. The summed E-state index contributed by atoms with van der Waals surface area (Å²) < 4.78 is 5.13. The molecule has 1 atom stereocenters. The maximum absolute atomic E-state index is 5.93. The highest BCUT2D eigenvalue weighted by molar-refractivity contribution is 8.17. The van der Waals surface area contributed by atoms with Crippen LogP contribution in [0.2, 0.25) is 0 Å². The molecule has 0 aromatic heterocycles. The van der Waals surface area contributed by atoms with E-state index in [9.17, 15) is 0 Å². The van der Waals surface area contributed by atoms with Crippen LogP contribution in [0, 0.1) is 0 Å². The van der Waals surface area contributed by atoms with Gasteiger partial charge in [0.15, 0.2) is 0 Å². The molecule has 3 N–H and O–H groups in total. The summed E-state index contributed by atoms with van der Waals surface area (Å²) in [4.78, 5) is 3.61. The molecule has 6 heteroatoms. The normalized spacial score (nSPS) is 28.8. The molecular weight excluding hydrogens is 254 g/mol. The lowest BCUT2D eigenvalue weighted by Gasteiger charge is -2.40. The maximum Gasteiger partial charge on any atom is 0.207 e. The van der Waals surface area contributed by atoms with E-state index in [4.69, 9.17) is 9.88 Å². The van der Waals surface area contributed by atoms with Gasteiger partial charge >= 0.3 is 0 Å². The van der Waals surface area contributed by atoms with Crippen LogP contribution in [0.5, 0.6) is 0 Å². The fourth-order valence-electron chi connectivity index (χ4n) is 2.13. The Labute approximate surface area is 109 Å². The van der Waals surface area contributed by atoms with Crippen molar-refractivity contribution in [1.29, 1.82) is 0 Å². The van der Waals surface area contributed by atoms with Gasteiger partial charge in [0.1, 0.15) is 0 Å². The van der Waals surface area contributed by atoms with Gasteiger partial charge in [-0.2, -0.15) is 0 Å². The summed E-state index contributed by atoms with van der Waals surface area (Å²) in [7, 11) is 0. The summed E-state index contributed by atoms with van der Waals surface area (Å²) in [6.07, 6.45) is 0. The first kappa shape index (κ1) is 11.7. The van der Waals surface area contributed by atoms with Crippen LogP contribution >= 0.6 is 23.7 Å². The molecule has 1 aromatic rings. The van der Waals surface area contributed by atoms with Crippen molar-refractivity contribution >= 4 is 29.4 Å². The minimum atomic E-state index is -0.270. The molecule has 0 aliphatic carbocycles. The SMILES string of the molecule is NSC1(N2CCOCC2)Nc2ccccc2S1. The zero-order valence-corrected chi connectivity index (χ0v) is 11.0. The standard InChI is InChI=1S/C11H15N3OS2/c12-17-11(14-5-7-15-8-6-14)13-9-3-1-2-4-10(9)16-11/h1-4,13H,5-8,12H2. The molecule has 0 bridgehead atoms. The zero-order chi connectivity index (χ0) is 11.7. The van der Waals surface area contributed by atoms with Crippen LogP contribution in [0.25, 0.3) is 0 Å². The Morgan fingerprint density at radius 2 is 2.12 bits per heavy atom. The van der Waals surface area contributed by atoms with Gasteiger partial charge in [-0.25, -0.2) is 0 Å². The van der Waals surface area contributed by atoms with Crippen molar-refractivity contribution in [3.8, 4) is 0 Å². The van der Waals surface area contributed by atoms with Gasteiger partial charge in [-0.3, -0.25) is 10.0 Å². The molecule has 1 unspecified atom stereocenters. The van der Waals surface area contributed by atoms with Crippen LogP contribution in [-0.4, -0.2) is 35.5 Å². The number of thioether (sulfide) groups is 1. The van der Waals surface area contributed by atoms with Crippen LogP contribution in [0.3, 0.4) is 0 Å². The fourth-order valence-corrected chi connectivity index (χ4v) is 4.24. The summed E-state index contributed by atoms with van der Waals surface area (Å²) in [6.45, 7) is 3.39. The van der Waals surface area contributed by atoms with Crippen molar-refractivity contribution in [1.82, 2.24) is 4.90 Å². The summed E-state index contributed by atoms with van der Waals surface area (Å²) in [5.74, 6) is 0. The van der Waals surface area contributed by atoms with E-state index < -0.39 is 0 Å². The largest absolute Gasteiger partial charge is 0.379 e. The summed E-state index contributed by atoms with van der Waals surface area (Å²) >= 11 is 3.15. The number of nitrogens with one attached hydrogen (secondary N) is 1. The average Bonchev–Trinajstić information content (AvgIpc) is 2.79. The third kappa shape index (κ3) is 2.04. The Morgan fingerprint density at radius 1 is 1.35 bits per heavy atom. The summed E-state index contributed by atoms with van der Waals surface area (Å²) in [5.41, 5.74) is 1.17. The number of nitrogens with two attached hydrogens (primary N) is 1. The second kappa shape index (κ2) is 4.70. The van der Waals surface area contributed by atoms with Crippen LogP contribution in [0.4, 0.5) is 5.69 Å². The van der Waals surface area contributed by atoms with Gasteiger partial charge in [0, 0.05) is 18.0 Å². The first-order valence-electron chi connectivity index (χ1n) is 5.61. The van der Waals surface area contributed by atoms with Crippen molar-refractivity contribution < 1.29 is 4.74 Å². The molecule has 92 valence electrons. The predicted molar refractivity (Wildman–Crippen MR) is 72.8 cm³/mol. The Morgan fingerprint density at radius 3 is 2.82 bits per heavy atom. The molecule has 4 nitrogen and oxygen atoms in total. The number of fused-ring (bicyclic) bond motifs is 1. The van der Waals surface area contributed by atoms with Crippen LogP contribution < -0.4 is 10.5 Å². The van der Waals surface area contributed by atoms with E-state index >= 15 is 0 Å². The zero-order valence-electron chi connectivity index (χ0n) is 9.39. The van der Waals surface area contributed by atoms with Gasteiger partial charge in [0.2, 0.25) is 4.33 Å². The molecule has 2 aliphatic heterocycles. The van der Waals surface area contributed by atoms with E-state index in [1.54, 1.807) is 11.8 Å². The minimum absolute atomic E-state index is 0.270. The van der Waals surface area contributed by atoms with E-state index in [1.165, 1.54) is 22.5 Å². The Hall–Kier alpha value is -0.400. The molecule has 0 spiro atoms. The third-order valence-corrected chi connectivity index (χ3v) is 5.45. The number of ether oxygens (including phenoxy) is 1. The topological polar surface area (TPSA) is 50.5 Å². The number of hydrogen-bond donors (Lipinski definition) is 2. The molecule has 1 fully saturated rings. The van der Waals surface area contributed by atoms with Crippen molar-refractivity contribution in [2.75, 3.05) is 31.6 Å². The molecular formula is C11H15N3OS2. The van der Waals surface area contributed by atoms with E-state index in [-0.39, 0.29) is 4.33 Å². The second-order valence-electron chi connectivity index (χ2n) is 4.02. The van der Waals surface area contributed by atoms with E-state index in [0.717, 1.165) is 26.3 Å². The van der Waals surface area contributed by atoms with Gasteiger partial charge in [-0.1, -0.05) is 23.9 Å². The quantitative estimate of drug-likeness (QED) is 0.798. The van der Waals surface area contributed by atoms with Gasteiger partial charge in [0.25, 0.3) is 0 Å². The summed E-state index contributed by atoms with van der Waals surface area (Å²) in [5, 5.41) is 9.47. The Kier molecular flexibility index (Phi) is 3.23. The molecule has 17 heavy (non-hydrogen) atoms. The number of rotatable bonds is 2. The lowest BCUT2D eigenvalue weighted by atomic mass is 10.3. The molecule has 1 aromatic carbocycles. The molecule has 2 aliphatic rings. The number of nitrogens with zero attached hydrogens (tertiary/aromatic N) is 1. The molecule has 3 rings (SSSR count). The highest BCUT2D eigenvalue weighted by Crippen LogP contribution is 2.51. The Balaban J connectivity index is 1.86. The molecule has 2 heterocycles. The van der Waals surface area contributed by atoms with Gasteiger partial charge in [-0.15, -0.1) is 0 Å². The highest BCUT2D eigenvalue weighted by atomic mass is 32.2. The number of para-hydroxylation sites is 1. The van der Waals surface area contributed by atoms with Crippen LogP contribution in [0.15, 0.2) is 29.2 Å². The van der Waals surface area contributed by atoms with Crippen LogP contribution in [-0.2, 0) is 4.74 Å². The molecule has 0 radical (unpaired) electrons.